The molecule has 3 atom stereocenters. The number of hydrogen-bond donors (Lipinski definition) is 1. The molecule has 0 aromatic heterocycles. The Labute approximate surface area is 170 Å². The quantitative estimate of drug-likeness (QED) is 0.731. The number of fused-ring (bicyclic) bond motifs is 1. The largest absolute Gasteiger partial charge is 0.493 e. The van der Waals surface area contributed by atoms with E-state index in [1.54, 1.807) is 6.07 Å². The van der Waals surface area contributed by atoms with Crippen LogP contribution in [-0.4, -0.2) is 36.4 Å². The molecule has 1 amide bonds. The molecule has 4 rings (SSSR count). The second-order valence-electron chi connectivity index (χ2n) is 7.64. The lowest BCUT2D eigenvalue weighted by atomic mass is 9.94. The van der Waals surface area contributed by atoms with Crippen molar-refractivity contribution in [1.29, 1.82) is 0 Å². The van der Waals surface area contributed by atoms with E-state index in [9.17, 15) is 9.18 Å². The Bertz CT molecular complexity index is 925. The van der Waals surface area contributed by atoms with Gasteiger partial charge in [-0.2, -0.15) is 10.2 Å². The summed E-state index contributed by atoms with van der Waals surface area (Å²) in [4.78, 5) is 12.3. The lowest BCUT2D eigenvalue weighted by Crippen LogP contribution is -2.31. The Balaban J connectivity index is 1.30. The number of nitrogens with one attached hydrogen (secondary N) is 1. The maximum atomic E-state index is 13.4. The normalized spacial score (nSPS) is 27.7. The second-order valence-corrected chi connectivity index (χ2v) is 11.5. The number of hydrogen-bond acceptors (Lipinski definition) is 3. The summed E-state index contributed by atoms with van der Waals surface area (Å²) in [6.07, 6.45) is 3.13. The van der Waals surface area contributed by atoms with E-state index in [2.05, 4.69) is 36.1 Å². The zero-order valence-corrected chi connectivity index (χ0v) is 17.4. The molecule has 0 saturated carbocycles. The number of rotatable bonds is 5. The predicted octanol–water partition coefficient (Wildman–Crippen LogP) is 4.27. The van der Waals surface area contributed by atoms with E-state index in [-0.39, 0.29) is 23.3 Å². The van der Waals surface area contributed by atoms with Gasteiger partial charge in [0.25, 0.3) is 5.91 Å². The van der Waals surface area contributed by atoms with Gasteiger partial charge in [-0.05, 0) is 48.9 Å². The first kappa shape index (κ1) is 19.4. The first-order valence-corrected chi connectivity index (χ1v) is 11.8. The maximum absolute atomic E-state index is 13.4. The van der Waals surface area contributed by atoms with Crippen LogP contribution >= 0.6 is 21.8 Å². The third-order valence-corrected chi connectivity index (χ3v) is 8.87. The van der Waals surface area contributed by atoms with Gasteiger partial charge in [-0.3, -0.25) is 4.79 Å². The molecule has 0 aliphatic carbocycles. The zero-order valence-electron chi connectivity index (χ0n) is 15.8. The molecule has 2 aliphatic rings. The van der Waals surface area contributed by atoms with Crippen molar-refractivity contribution in [2.45, 2.75) is 18.6 Å². The van der Waals surface area contributed by atoms with E-state index in [0.29, 0.717) is 17.8 Å². The third kappa shape index (κ3) is 4.08. The van der Waals surface area contributed by atoms with Crippen molar-refractivity contribution < 1.29 is 18.7 Å². The first-order valence-electron chi connectivity index (χ1n) is 9.20. The molecule has 2 aliphatic heterocycles. The highest BCUT2D eigenvalue weighted by Gasteiger charge is 2.51. The van der Waals surface area contributed by atoms with Gasteiger partial charge in [-0.15, -0.1) is 0 Å². The fourth-order valence-electron chi connectivity index (χ4n) is 3.73. The summed E-state index contributed by atoms with van der Waals surface area (Å²) in [7, 11) is -1.20. The summed E-state index contributed by atoms with van der Waals surface area (Å²) < 4.78 is 28.0. The molecule has 1 fully saturated rings. The van der Waals surface area contributed by atoms with Crippen LogP contribution in [0.4, 0.5) is 4.39 Å². The van der Waals surface area contributed by atoms with Crippen LogP contribution in [0, 0.1) is 18.7 Å². The first-order chi connectivity index (χ1) is 13.3. The Morgan fingerprint density at radius 3 is 2.96 bits per heavy atom. The molecule has 1 saturated heterocycles. The summed E-state index contributed by atoms with van der Waals surface area (Å²) in [6, 6.07) is 10.5. The van der Waals surface area contributed by atoms with Gasteiger partial charge in [0.2, 0.25) is 0 Å². The Morgan fingerprint density at radius 2 is 2.18 bits per heavy atom. The molecule has 3 unspecified atom stereocenters. The van der Waals surface area contributed by atoms with Gasteiger partial charge in [-0.25, -0.2) is 4.39 Å². The van der Waals surface area contributed by atoms with Gasteiger partial charge >= 0.3 is 0 Å². The lowest BCUT2D eigenvalue weighted by Gasteiger charge is -2.28. The molecule has 1 N–H and O–H groups in total. The summed E-state index contributed by atoms with van der Waals surface area (Å²) in [5.41, 5.74) is 2.45. The average Bonchev–Trinajstić information content (AvgIpc) is 3.33. The Kier molecular flexibility index (Phi) is 5.19. The van der Waals surface area contributed by atoms with Crippen LogP contribution in [0.3, 0.4) is 0 Å². The molecule has 28 heavy (non-hydrogen) atoms. The monoisotopic (exact) mass is 423 g/mol. The van der Waals surface area contributed by atoms with Gasteiger partial charge in [0.05, 0.1) is 11.6 Å². The molecule has 150 valence electrons. The highest BCUT2D eigenvalue weighted by Crippen LogP contribution is 2.65. The number of halogens is 2. The minimum absolute atomic E-state index is 0.0287. The zero-order chi connectivity index (χ0) is 19.9. The number of carbonyl (C=O) groups is 1. The molecule has 0 bridgehead atoms. The van der Waals surface area contributed by atoms with Crippen LogP contribution in [0.15, 0.2) is 36.4 Å². The average molecular weight is 424 g/mol. The summed E-state index contributed by atoms with van der Waals surface area (Å²) in [5, 5.41) is 0.486. The minimum atomic E-state index is -1.20. The fourth-order valence-corrected chi connectivity index (χ4v) is 7.17. The summed E-state index contributed by atoms with van der Waals surface area (Å²) in [6.45, 7) is 2.62. The number of aryl methyl sites for hydroxylation is 1. The number of ether oxygens (including phenoxy) is 2. The number of carbonyl (C=O) groups excluding carboxylic acids is 1. The van der Waals surface area contributed by atoms with Crippen LogP contribution in [0.5, 0.6) is 11.5 Å². The van der Waals surface area contributed by atoms with Gasteiger partial charge in [0.15, 0.2) is 6.61 Å². The lowest BCUT2D eigenvalue weighted by molar-refractivity contribution is -0.121. The number of benzene rings is 2. The Hall–Kier alpha value is -1.92. The van der Waals surface area contributed by atoms with E-state index in [1.807, 2.05) is 0 Å². The molecule has 2 aromatic carbocycles. The predicted molar refractivity (Wildman–Crippen MR) is 111 cm³/mol. The van der Waals surface area contributed by atoms with Gasteiger partial charge in [0.1, 0.15) is 17.3 Å². The van der Waals surface area contributed by atoms with Crippen molar-refractivity contribution in [2.75, 3.05) is 25.2 Å². The second kappa shape index (κ2) is 7.48. The van der Waals surface area contributed by atoms with E-state index < -0.39 is 16.0 Å². The molecule has 0 spiro atoms. The molecular formula is C21H23ClFNO3S. The van der Waals surface area contributed by atoms with E-state index in [1.165, 1.54) is 23.3 Å². The number of amides is 1. The van der Waals surface area contributed by atoms with Gasteiger partial charge < -0.3 is 14.2 Å². The fraction of sp³-hybridized carbons (Fsp3) is 0.381. The van der Waals surface area contributed by atoms with Crippen molar-refractivity contribution >= 4 is 27.7 Å². The van der Waals surface area contributed by atoms with Crippen LogP contribution < -0.4 is 14.2 Å². The van der Waals surface area contributed by atoms with Crippen molar-refractivity contribution in [3.05, 3.63) is 58.4 Å². The van der Waals surface area contributed by atoms with Crippen molar-refractivity contribution in [2.24, 2.45) is 5.92 Å². The highest BCUT2D eigenvalue weighted by atomic mass is 35.5. The summed E-state index contributed by atoms with van der Waals surface area (Å²) in [5.74, 6) is 1.96. The third-order valence-electron chi connectivity index (χ3n) is 5.35. The maximum Gasteiger partial charge on any atom is 0.266 e. The summed E-state index contributed by atoms with van der Waals surface area (Å²) >= 11 is 5.65. The van der Waals surface area contributed by atoms with Gasteiger partial charge in [-0.1, -0.05) is 23.7 Å². The molecule has 2 aromatic rings. The van der Waals surface area contributed by atoms with Crippen molar-refractivity contribution in [3.63, 3.8) is 0 Å². The molecular weight excluding hydrogens is 401 g/mol. The van der Waals surface area contributed by atoms with E-state index >= 15 is 0 Å². The molecule has 0 radical (unpaired) electrons. The standard InChI is InChI=1S/C21H23ClFNO3S/c1-13-3-4-14-8-15(10-27-19(14)7-13)20-12-28(20,2)24-21(25)11-26-16-5-6-17(22)18(23)9-16/h3-7,9,15,20H,8,10-12H2,1-2H3,(H,24,25). The molecule has 4 nitrogen and oxygen atoms in total. The molecule has 2 heterocycles. The minimum Gasteiger partial charge on any atom is -0.493 e. The van der Waals surface area contributed by atoms with Crippen molar-refractivity contribution in [3.8, 4) is 11.5 Å². The van der Waals surface area contributed by atoms with Gasteiger partial charge in [0, 0.05) is 23.0 Å². The highest BCUT2D eigenvalue weighted by molar-refractivity contribution is 8.38. The van der Waals surface area contributed by atoms with Crippen molar-refractivity contribution in [1.82, 2.24) is 4.72 Å². The SMILES string of the molecule is Cc1ccc2c(c1)OCC(C1CS1(C)NC(=O)COc1ccc(Cl)c(F)c1)C2. The smallest absolute Gasteiger partial charge is 0.266 e. The van der Waals surface area contributed by atoms with E-state index in [0.717, 1.165) is 17.9 Å². The van der Waals surface area contributed by atoms with Crippen LogP contribution in [0.2, 0.25) is 5.02 Å². The van der Waals surface area contributed by atoms with Crippen LogP contribution in [-0.2, 0) is 11.2 Å². The molecule has 7 heteroatoms. The van der Waals surface area contributed by atoms with Crippen LogP contribution in [0.25, 0.3) is 0 Å². The van der Waals surface area contributed by atoms with E-state index in [4.69, 9.17) is 21.1 Å². The topological polar surface area (TPSA) is 47.6 Å². The van der Waals surface area contributed by atoms with Crippen LogP contribution in [0.1, 0.15) is 11.1 Å². The Morgan fingerprint density at radius 1 is 1.36 bits per heavy atom.